The molecule has 1 fully saturated rings. The van der Waals surface area contributed by atoms with E-state index >= 15 is 0 Å². The maximum absolute atomic E-state index is 12.5. The van der Waals surface area contributed by atoms with Crippen molar-refractivity contribution in [3.05, 3.63) is 23.8 Å². The number of nitrogens with zero attached hydrogens (tertiary/aromatic N) is 1. The van der Waals surface area contributed by atoms with E-state index in [0.29, 0.717) is 11.5 Å². The van der Waals surface area contributed by atoms with Gasteiger partial charge in [0, 0.05) is 35.4 Å². The Balaban J connectivity index is 2.36. The molecule has 1 aliphatic heterocycles. The van der Waals surface area contributed by atoms with Crippen LogP contribution in [0, 0.1) is 0 Å². The Morgan fingerprint density at radius 2 is 1.95 bits per heavy atom. The second kappa shape index (κ2) is 6.12. The highest BCUT2D eigenvalue weighted by Gasteiger charge is 2.29. The molecule has 9 heteroatoms. The van der Waals surface area contributed by atoms with Crippen molar-refractivity contribution < 1.29 is 27.3 Å². The summed E-state index contributed by atoms with van der Waals surface area (Å²) < 4.78 is 41.9. The third-order valence-electron chi connectivity index (χ3n) is 3.15. The van der Waals surface area contributed by atoms with Gasteiger partial charge in [-0.2, -0.15) is 4.31 Å². The molecule has 1 aromatic carbocycles. The Morgan fingerprint density at radius 3 is 2.52 bits per heavy atom. The van der Waals surface area contributed by atoms with Crippen LogP contribution in [0.1, 0.15) is 10.4 Å². The highest BCUT2D eigenvalue weighted by Crippen LogP contribution is 2.25. The number of carbonyl (C=O) groups excluding carboxylic acids is 1. The molecule has 0 spiro atoms. The van der Waals surface area contributed by atoms with Gasteiger partial charge in [-0.1, -0.05) is 0 Å². The van der Waals surface area contributed by atoms with Crippen LogP contribution in [0.15, 0.2) is 23.1 Å². The molecule has 116 valence electrons. The third-order valence-corrected chi connectivity index (χ3v) is 6.32. The number of benzene rings is 1. The SMILES string of the molecule is COC(=O)c1cc(S(=O)(=O)N2CCS(=O)CC2)ccc1O. The van der Waals surface area contributed by atoms with Gasteiger partial charge in [-0.15, -0.1) is 0 Å². The van der Waals surface area contributed by atoms with Gasteiger partial charge < -0.3 is 9.84 Å². The number of rotatable bonds is 3. The normalized spacial score (nSPS) is 17.6. The fourth-order valence-electron chi connectivity index (χ4n) is 1.96. The number of hydrogen-bond donors (Lipinski definition) is 1. The summed E-state index contributed by atoms with van der Waals surface area (Å²) in [5.74, 6) is -0.577. The zero-order valence-corrected chi connectivity index (χ0v) is 12.9. The minimum absolute atomic E-state index is 0.103. The predicted octanol–water partition coefficient (Wildman–Crippen LogP) is -0.0682. The first-order valence-corrected chi connectivity index (χ1v) is 9.05. The van der Waals surface area contributed by atoms with E-state index in [4.69, 9.17) is 0 Å². The Kier molecular flexibility index (Phi) is 4.64. The largest absolute Gasteiger partial charge is 0.507 e. The summed E-state index contributed by atoms with van der Waals surface area (Å²) in [5, 5.41) is 9.60. The molecule has 1 aliphatic rings. The lowest BCUT2D eigenvalue weighted by atomic mass is 10.2. The average Bonchev–Trinajstić information content (AvgIpc) is 2.47. The summed E-state index contributed by atoms with van der Waals surface area (Å²) in [7, 11) is -3.63. The van der Waals surface area contributed by atoms with E-state index < -0.39 is 26.8 Å². The van der Waals surface area contributed by atoms with Crippen LogP contribution in [0.25, 0.3) is 0 Å². The second-order valence-corrected chi connectivity index (χ2v) is 8.06. The quantitative estimate of drug-likeness (QED) is 0.777. The van der Waals surface area contributed by atoms with Crippen LogP contribution in [0.3, 0.4) is 0 Å². The molecular formula is C12H15NO6S2. The van der Waals surface area contributed by atoms with E-state index in [1.165, 1.54) is 10.4 Å². The van der Waals surface area contributed by atoms with Crippen LogP contribution >= 0.6 is 0 Å². The van der Waals surface area contributed by atoms with Crippen molar-refractivity contribution in [3.63, 3.8) is 0 Å². The van der Waals surface area contributed by atoms with Gasteiger partial charge in [0.1, 0.15) is 11.3 Å². The molecule has 1 heterocycles. The summed E-state index contributed by atoms with van der Waals surface area (Å²) in [5.41, 5.74) is -0.209. The van der Waals surface area contributed by atoms with Crippen LogP contribution in [0.5, 0.6) is 5.75 Å². The van der Waals surface area contributed by atoms with Gasteiger partial charge >= 0.3 is 5.97 Å². The topological polar surface area (TPSA) is 101 Å². The molecule has 0 unspecified atom stereocenters. The lowest BCUT2D eigenvalue weighted by Gasteiger charge is -2.25. The van der Waals surface area contributed by atoms with Gasteiger partial charge in [-0.3, -0.25) is 4.21 Å². The standard InChI is InChI=1S/C12H15NO6S2/c1-19-12(15)10-8-9(2-3-11(10)14)21(17,18)13-4-6-20(16)7-5-13/h2-3,8,14H,4-7H2,1H3. The van der Waals surface area contributed by atoms with E-state index in [-0.39, 0.29) is 29.3 Å². The molecule has 21 heavy (non-hydrogen) atoms. The maximum Gasteiger partial charge on any atom is 0.341 e. The number of phenolic OH excluding ortho intramolecular Hbond substituents is 1. The molecule has 0 aromatic heterocycles. The molecule has 0 atom stereocenters. The molecule has 1 aromatic rings. The van der Waals surface area contributed by atoms with E-state index in [1.54, 1.807) is 0 Å². The number of sulfonamides is 1. The van der Waals surface area contributed by atoms with Crippen LogP contribution in [0.4, 0.5) is 0 Å². The van der Waals surface area contributed by atoms with Gasteiger partial charge in [0.15, 0.2) is 0 Å². The maximum atomic E-state index is 12.5. The van der Waals surface area contributed by atoms with E-state index in [9.17, 15) is 22.5 Å². The van der Waals surface area contributed by atoms with Crippen LogP contribution in [-0.2, 0) is 25.6 Å². The summed E-state index contributed by atoms with van der Waals surface area (Å²) in [6, 6.07) is 3.45. The van der Waals surface area contributed by atoms with E-state index in [1.807, 2.05) is 0 Å². The van der Waals surface area contributed by atoms with Crippen LogP contribution < -0.4 is 0 Å². The molecular weight excluding hydrogens is 318 g/mol. The number of hydrogen-bond acceptors (Lipinski definition) is 6. The Bertz CT molecular complexity index is 675. The lowest BCUT2D eigenvalue weighted by molar-refractivity contribution is 0.0597. The average molecular weight is 333 g/mol. The van der Waals surface area contributed by atoms with Crippen LogP contribution in [0.2, 0.25) is 0 Å². The first-order chi connectivity index (χ1) is 9.86. The number of esters is 1. The number of methoxy groups -OCH3 is 1. The molecule has 2 rings (SSSR count). The van der Waals surface area contributed by atoms with E-state index in [2.05, 4.69) is 4.74 Å². The number of ether oxygens (including phenoxy) is 1. The fraction of sp³-hybridized carbons (Fsp3) is 0.417. The predicted molar refractivity (Wildman–Crippen MR) is 76.1 cm³/mol. The third kappa shape index (κ3) is 3.25. The monoisotopic (exact) mass is 333 g/mol. The number of aromatic hydroxyl groups is 1. The first kappa shape index (κ1) is 15.9. The van der Waals surface area contributed by atoms with Gasteiger partial charge in [0.2, 0.25) is 10.0 Å². The molecule has 0 aliphatic carbocycles. The highest BCUT2D eigenvalue weighted by atomic mass is 32.2. The smallest absolute Gasteiger partial charge is 0.341 e. The van der Waals surface area contributed by atoms with Crippen molar-refractivity contribution in [2.45, 2.75) is 4.90 Å². The summed E-state index contributed by atoms with van der Waals surface area (Å²) in [4.78, 5) is 11.4. The van der Waals surface area contributed by atoms with Gasteiger partial charge in [-0.25, -0.2) is 13.2 Å². The van der Waals surface area contributed by atoms with Gasteiger partial charge in [0.05, 0.1) is 12.0 Å². The Hall–Kier alpha value is -1.45. The minimum Gasteiger partial charge on any atom is -0.507 e. The first-order valence-electron chi connectivity index (χ1n) is 6.12. The molecule has 1 N–H and O–H groups in total. The van der Waals surface area contributed by atoms with Gasteiger partial charge in [-0.05, 0) is 18.2 Å². The molecule has 0 amide bonds. The summed E-state index contributed by atoms with van der Waals surface area (Å²) in [6.07, 6.45) is 0. The Labute approximate surface area is 125 Å². The second-order valence-electron chi connectivity index (χ2n) is 4.42. The minimum atomic E-state index is -3.79. The molecule has 0 saturated carbocycles. The number of phenols is 1. The summed E-state index contributed by atoms with van der Waals surface area (Å²) in [6.45, 7) is 0.340. The van der Waals surface area contributed by atoms with Crippen molar-refractivity contribution in [2.75, 3.05) is 31.7 Å². The summed E-state index contributed by atoms with van der Waals surface area (Å²) >= 11 is 0. The molecule has 0 radical (unpaired) electrons. The highest BCUT2D eigenvalue weighted by molar-refractivity contribution is 7.89. The zero-order chi connectivity index (χ0) is 15.6. The van der Waals surface area contributed by atoms with Gasteiger partial charge in [0.25, 0.3) is 0 Å². The van der Waals surface area contributed by atoms with Crippen LogP contribution in [-0.4, -0.2) is 59.7 Å². The molecule has 1 saturated heterocycles. The molecule has 0 bridgehead atoms. The Morgan fingerprint density at radius 1 is 1.33 bits per heavy atom. The lowest BCUT2D eigenvalue weighted by Crippen LogP contribution is -2.41. The van der Waals surface area contributed by atoms with Crippen molar-refractivity contribution in [3.8, 4) is 5.75 Å². The van der Waals surface area contributed by atoms with Crippen molar-refractivity contribution >= 4 is 26.8 Å². The fourth-order valence-corrected chi connectivity index (χ4v) is 4.71. The van der Waals surface area contributed by atoms with Crippen molar-refractivity contribution in [2.24, 2.45) is 0 Å². The van der Waals surface area contributed by atoms with Crippen molar-refractivity contribution in [1.82, 2.24) is 4.31 Å². The molecule has 7 nitrogen and oxygen atoms in total. The number of carbonyl (C=O) groups is 1. The van der Waals surface area contributed by atoms with E-state index in [0.717, 1.165) is 19.2 Å². The van der Waals surface area contributed by atoms with Crippen molar-refractivity contribution in [1.29, 1.82) is 0 Å². The zero-order valence-electron chi connectivity index (χ0n) is 11.3.